The Morgan fingerprint density at radius 2 is 1.82 bits per heavy atom. The van der Waals surface area contributed by atoms with E-state index >= 15 is 0 Å². The lowest BCUT2D eigenvalue weighted by atomic mass is 10.1. The van der Waals surface area contributed by atoms with E-state index in [4.69, 9.17) is 5.11 Å². The summed E-state index contributed by atoms with van der Waals surface area (Å²) in [5.41, 5.74) is 0.413. The highest BCUT2D eigenvalue weighted by Gasteiger charge is 2.21. The molecule has 0 heterocycles. The summed E-state index contributed by atoms with van der Waals surface area (Å²) in [7, 11) is -3.56. The number of nitrogens with one attached hydrogen (secondary N) is 1. The minimum Gasteiger partial charge on any atom is -0.392 e. The third-order valence-electron chi connectivity index (χ3n) is 2.77. The van der Waals surface area contributed by atoms with Gasteiger partial charge in [0.05, 0.1) is 11.5 Å². The summed E-state index contributed by atoms with van der Waals surface area (Å²) in [6, 6.07) is 6.31. The summed E-state index contributed by atoms with van der Waals surface area (Å²) in [5, 5.41) is 9.13. The molecular weight excluding hydrogens is 238 g/mol. The smallest absolute Gasteiger partial charge is 0.241 e. The molecule has 1 aromatic carbocycles. The van der Waals surface area contributed by atoms with Crippen molar-refractivity contribution in [2.45, 2.75) is 38.3 Å². The lowest BCUT2D eigenvalue weighted by molar-refractivity contribution is 0.278. The largest absolute Gasteiger partial charge is 0.392 e. The molecule has 1 aromatic rings. The molecule has 0 aromatic heterocycles. The van der Waals surface area contributed by atoms with Crippen molar-refractivity contribution in [2.75, 3.05) is 0 Å². The number of aliphatic hydroxyl groups is 1. The number of aliphatic hydroxyl groups excluding tert-OH is 1. The number of hydrogen-bond donors (Lipinski definition) is 2. The van der Waals surface area contributed by atoms with Crippen LogP contribution in [-0.2, 0) is 16.6 Å². The van der Waals surface area contributed by atoms with Gasteiger partial charge in [-0.25, -0.2) is 13.1 Å². The Hall–Kier alpha value is -0.910. The maximum Gasteiger partial charge on any atom is 0.241 e. The van der Waals surface area contributed by atoms with Crippen LogP contribution >= 0.6 is 0 Å². The Bertz CT molecular complexity index is 468. The van der Waals surface area contributed by atoms with Crippen LogP contribution in [0.5, 0.6) is 0 Å². The van der Waals surface area contributed by atoms with Crippen molar-refractivity contribution >= 4 is 10.0 Å². The fraction of sp³-hybridized carbons (Fsp3) is 0.500. The number of hydrogen-bond acceptors (Lipinski definition) is 3. The average Bonchev–Trinajstić information content (AvgIpc) is 2.28. The van der Waals surface area contributed by atoms with Crippen molar-refractivity contribution in [3.05, 3.63) is 29.8 Å². The highest BCUT2D eigenvalue weighted by molar-refractivity contribution is 7.89. The van der Waals surface area contributed by atoms with Crippen LogP contribution in [0.1, 0.15) is 26.3 Å². The second kappa shape index (κ2) is 5.62. The van der Waals surface area contributed by atoms with E-state index < -0.39 is 10.0 Å². The van der Waals surface area contributed by atoms with Crippen molar-refractivity contribution in [1.82, 2.24) is 4.72 Å². The van der Waals surface area contributed by atoms with Gasteiger partial charge in [0.1, 0.15) is 0 Å². The highest BCUT2D eigenvalue weighted by atomic mass is 32.2. The molecule has 1 unspecified atom stereocenters. The predicted octanol–water partition coefficient (Wildman–Crippen LogP) is 1.50. The molecule has 0 radical (unpaired) electrons. The lowest BCUT2D eigenvalue weighted by Gasteiger charge is -2.18. The summed E-state index contributed by atoms with van der Waals surface area (Å²) >= 11 is 0. The molecule has 0 bridgehead atoms. The van der Waals surface area contributed by atoms with Gasteiger partial charge in [0.25, 0.3) is 0 Å². The Balaban J connectivity index is 3.05. The second-order valence-electron chi connectivity index (χ2n) is 4.42. The third kappa shape index (κ3) is 3.52. The molecule has 17 heavy (non-hydrogen) atoms. The van der Waals surface area contributed by atoms with Crippen LogP contribution in [0.3, 0.4) is 0 Å². The highest BCUT2D eigenvalue weighted by Crippen LogP contribution is 2.16. The molecule has 5 heteroatoms. The summed E-state index contributed by atoms with van der Waals surface area (Å²) in [6.45, 7) is 5.44. The molecule has 1 rings (SSSR count). The zero-order chi connectivity index (χ0) is 13.1. The van der Waals surface area contributed by atoms with Crippen LogP contribution in [0.25, 0.3) is 0 Å². The Morgan fingerprint density at radius 3 is 2.35 bits per heavy atom. The molecule has 0 saturated heterocycles. The van der Waals surface area contributed by atoms with Crippen molar-refractivity contribution in [1.29, 1.82) is 0 Å². The van der Waals surface area contributed by atoms with Crippen LogP contribution in [0.2, 0.25) is 0 Å². The molecule has 0 aliphatic heterocycles. The van der Waals surface area contributed by atoms with Gasteiger partial charge in [-0.1, -0.05) is 32.0 Å². The van der Waals surface area contributed by atoms with E-state index in [0.29, 0.717) is 5.56 Å². The standard InChI is InChI=1S/C12H19NO3S/c1-9(2)10(3)13-17(15,16)12-7-5-4-6-11(12)8-14/h4-7,9-10,13-14H,8H2,1-3H3. The first-order valence-corrected chi connectivity index (χ1v) is 7.08. The van der Waals surface area contributed by atoms with Gasteiger partial charge in [0, 0.05) is 6.04 Å². The SMILES string of the molecule is CC(C)C(C)NS(=O)(=O)c1ccccc1CO. The molecule has 4 nitrogen and oxygen atoms in total. The van der Waals surface area contributed by atoms with Crippen molar-refractivity contribution in [3.8, 4) is 0 Å². The Labute approximate surface area is 103 Å². The number of sulfonamides is 1. The zero-order valence-electron chi connectivity index (χ0n) is 10.3. The second-order valence-corrected chi connectivity index (χ2v) is 6.10. The molecule has 0 aliphatic rings. The minimum atomic E-state index is -3.56. The van der Waals surface area contributed by atoms with Crippen LogP contribution in [0.15, 0.2) is 29.2 Å². The van der Waals surface area contributed by atoms with Gasteiger partial charge in [-0.3, -0.25) is 0 Å². The van der Waals surface area contributed by atoms with E-state index in [2.05, 4.69) is 4.72 Å². The van der Waals surface area contributed by atoms with E-state index in [-0.39, 0.29) is 23.5 Å². The van der Waals surface area contributed by atoms with Crippen molar-refractivity contribution in [2.24, 2.45) is 5.92 Å². The summed E-state index contributed by atoms with van der Waals surface area (Å²) in [5.74, 6) is 0.214. The van der Waals surface area contributed by atoms with Crippen LogP contribution in [0.4, 0.5) is 0 Å². The fourth-order valence-corrected chi connectivity index (χ4v) is 2.96. The molecule has 0 saturated carbocycles. The maximum absolute atomic E-state index is 12.1. The van der Waals surface area contributed by atoms with E-state index in [1.54, 1.807) is 18.2 Å². The average molecular weight is 257 g/mol. The van der Waals surface area contributed by atoms with Gasteiger partial charge in [0.2, 0.25) is 10.0 Å². The lowest BCUT2D eigenvalue weighted by Crippen LogP contribution is -2.36. The van der Waals surface area contributed by atoms with Gasteiger partial charge in [-0.2, -0.15) is 0 Å². The van der Waals surface area contributed by atoms with Crippen molar-refractivity contribution < 1.29 is 13.5 Å². The molecule has 2 N–H and O–H groups in total. The molecule has 0 amide bonds. The van der Waals surface area contributed by atoms with E-state index in [1.165, 1.54) is 6.07 Å². The third-order valence-corrected chi connectivity index (χ3v) is 4.43. The monoisotopic (exact) mass is 257 g/mol. The van der Waals surface area contributed by atoms with Crippen LogP contribution in [-0.4, -0.2) is 19.6 Å². The quantitative estimate of drug-likeness (QED) is 0.840. The fourth-order valence-electron chi connectivity index (χ4n) is 1.34. The minimum absolute atomic E-state index is 0.147. The zero-order valence-corrected chi connectivity index (χ0v) is 11.2. The first-order chi connectivity index (χ1) is 7.88. The molecule has 0 fully saturated rings. The topological polar surface area (TPSA) is 66.4 Å². The number of rotatable bonds is 5. The van der Waals surface area contributed by atoms with Gasteiger partial charge in [-0.05, 0) is 24.5 Å². The van der Waals surface area contributed by atoms with Gasteiger partial charge >= 0.3 is 0 Å². The van der Waals surface area contributed by atoms with E-state index in [0.717, 1.165) is 0 Å². The first-order valence-electron chi connectivity index (χ1n) is 5.59. The van der Waals surface area contributed by atoms with E-state index in [9.17, 15) is 8.42 Å². The normalized spacial score (nSPS) is 13.9. The van der Waals surface area contributed by atoms with Crippen molar-refractivity contribution in [3.63, 3.8) is 0 Å². The molecule has 96 valence electrons. The molecular formula is C12H19NO3S. The van der Waals surface area contributed by atoms with E-state index in [1.807, 2.05) is 20.8 Å². The van der Waals surface area contributed by atoms with Crippen LogP contribution < -0.4 is 4.72 Å². The molecule has 0 spiro atoms. The maximum atomic E-state index is 12.1. The molecule has 1 atom stereocenters. The summed E-state index contributed by atoms with van der Waals surface area (Å²) in [4.78, 5) is 0.148. The summed E-state index contributed by atoms with van der Waals surface area (Å²) < 4.78 is 26.8. The predicted molar refractivity (Wildman–Crippen MR) is 67.0 cm³/mol. The Kier molecular flexibility index (Phi) is 4.68. The van der Waals surface area contributed by atoms with Gasteiger partial charge < -0.3 is 5.11 Å². The Morgan fingerprint density at radius 1 is 1.24 bits per heavy atom. The number of benzene rings is 1. The summed E-state index contributed by atoms with van der Waals surface area (Å²) in [6.07, 6.45) is 0. The van der Waals surface area contributed by atoms with Gasteiger partial charge in [0.15, 0.2) is 0 Å². The molecule has 0 aliphatic carbocycles. The first kappa shape index (κ1) is 14.2. The van der Waals surface area contributed by atoms with Crippen LogP contribution in [0, 0.1) is 5.92 Å². The van der Waals surface area contributed by atoms with Gasteiger partial charge in [-0.15, -0.1) is 0 Å².